The summed E-state index contributed by atoms with van der Waals surface area (Å²) in [6, 6.07) is 13.2. The van der Waals surface area contributed by atoms with Crippen molar-refractivity contribution in [3.8, 4) is 11.3 Å². The lowest BCUT2D eigenvalue weighted by atomic mass is 10.0. The van der Waals surface area contributed by atoms with Gasteiger partial charge in [0, 0.05) is 24.7 Å². The highest BCUT2D eigenvalue weighted by molar-refractivity contribution is 7.92. The van der Waals surface area contributed by atoms with Crippen LogP contribution in [0.1, 0.15) is 11.1 Å². The Labute approximate surface area is 207 Å². The van der Waals surface area contributed by atoms with E-state index in [2.05, 4.69) is 14.7 Å². The van der Waals surface area contributed by atoms with E-state index in [1.807, 2.05) is 4.90 Å². The molecule has 1 saturated heterocycles. The van der Waals surface area contributed by atoms with Crippen LogP contribution in [0.3, 0.4) is 0 Å². The van der Waals surface area contributed by atoms with Crippen LogP contribution in [0.4, 0.5) is 24.8 Å². The SMILES string of the molecule is Cc1ccccc1-c1nc(NS(=O)(=O)c2cccc(N3CC4C(N)C4C3)n2)ccc1C(F)(F)F.Cl. The van der Waals surface area contributed by atoms with E-state index in [0.717, 1.165) is 25.2 Å². The predicted octanol–water partition coefficient (Wildman–Crippen LogP) is 4.09. The van der Waals surface area contributed by atoms with Crippen LogP contribution in [0.2, 0.25) is 0 Å². The monoisotopic (exact) mass is 525 g/mol. The minimum Gasteiger partial charge on any atom is -0.356 e. The van der Waals surface area contributed by atoms with Gasteiger partial charge in [-0.05, 0) is 48.6 Å². The molecule has 3 aromatic rings. The molecule has 7 nitrogen and oxygen atoms in total. The van der Waals surface area contributed by atoms with Crippen LogP contribution >= 0.6 is 12.4 Å². The van der Waals surface area contributed by atoms with Gasteiger partial charge in [0.15, 0.2) is 5.03 Å². The Balaban J connectivity index is 0.00000289. The van der Waals surface area contributed by atoms with Crippen molar-refractivity contribution in [2.24, 2.45) is 17.6 Å². The summed E-state index contributed by atoms with van der Waals surface area (Å²) in [6.07, 6.45) is -4.66. The molecule has 0 radical (unpaired) electrons. The molecule has 0 bridgehead atoms. The van der Waals surface area contributed by atoms with Crippen molar-refractivity contribution in [1.82, 2.24) is 9.97 Å². The highest BCUT2D eigenvalue weighted by Crippen LogP contribution is 2.45. The number of pyridine rings is 2. The molecule has 2 unspecified atom stereocenters. The number of aryl methyl sites for hydroxylation is 1. The molecular formula is C23H23ClF3N5O2S. The van der Waals surface area contributed by atoms with E-state index >= 15 is 0 Å². The van der Waals surface area contributed by atoms with Crippen molar-refractivity contribution in [2.75, 3.05) is 22.7 Å². The normalized spacial score (nSPS) is 21.3. The number of nitrogens with zero attached hydrogens (tertiary/aromatic N) is 3. The number of fused-ring (bicyclic) bond motifs is 1. The number of anilines is 2. The Kier molecular flexibility index (Phi) is 6.45. The molecule has 12 heteroatoms. The molecule has 2 aromatic heterocycles. The van der Waals surface area contributed by atoms with E-state index in [-0.39, 0.29) is 40.6 Å². The van der Waals surface area contributed by atoms with Gasteiger partial charge in [0.05, 0.1) is 11.3 Å². The fraction of sp³-hybridized carbons (Fsp3) is 0.304. The van der Waals surface area contributed by atoms with Crippen molar-refractivity contribution >= 4 is 34.1 Å². The smallest absolute Gasteiger partial charge is 0.356 e. The number of nitrogens with one attached hydrogen (secondary N) is 1. The van der Waals surface area contributed by atoms with Crippen molar-refractivity contribution in [2.45, 2.75) is 24.2 Å². The van der Waals surface area contributed by atoms with Gasteiger partial charge in [-0.15, -0.1) is 12.4 Å². The molecule has 5 rings (SSSR count). The third-order valence-electron chi connectivity index (χ3n) is 6.41. The first-order valence-electron chi connectivity index (χ1n) is 10.7. The van der Waals surface area contributed by atoms with Crippen molar-refractivity contribution < 1.29 is 21.6 Å². The first-order valence-corrected chi connectivity index (χ1v) is 12.2. The third kappa shape index (κ3) is 4.80. The van der Waals surface area contributed by atoms with Gasteiger partial charge in [0.1, 0.15) is 11.6 Å². The first kappa shape index (κ1) is 25.2. The van der Waals surface area contributed by atoms with Gasteiger partial charge in [0.25, 0.3) is 10.0 Å². The highest BCUT2D eigenvalue weighted by Gasteiger charge is 2.53. The molecule has 1 aliphatic heterocycles. The number of hydrogen-bond acceptors (Lipinski definition) is 6. The highest BCUT2D eigenvalue weighted by atomic mass is 35.5. The Hall–Kier alpha value is -2.89. The van der Waals surface area contributed by atoms with Crippen LogP contribution in [-0.4, -0.2) is 37.5 Å². The number of hydrogen-bond donors (Lipinski definition) is 2. The molecule has 0 spiro atoms. The molecule has 3 N–H and O–H groups in total. The molecule has 1 aliphatic carbocycles. The summed E-state index contributed by atoms with van der Waals surface area (Å²) in [5.74, 6) is 1.09. The summed E-state index contributed by atoms with van der Waals surface area (Å²) in [5, 5.41) is -0.242. The van der Waals surface area contributed by atoms with Crippen LogP contribution in [0, 0.1) is 18.8 Å². The minimum absolute atomic E-state index is 0. The number of aromatic nitrogens is 2. The summed E-state index contributed by atoms with van der Waals surface area (Å²) in [6.45, 7) is 3.10. The molecular weight excluding hydrogens is 503 g/mol. The van der Waals surface area contributed by atoms with Crippen molar-refractivity contribution in [3.63, 3.8) is 0 Å². The Morgan fingerprint density at radius 1 is 1.00 bits per heavy atom. The van der Waals surface area contributed by atoms with Crippen molar-refractivity contribution in [3.05, 3.63) is 65.7 Å². The largest absolute Gasteiger partial charge is 0.418 e. The second-order valence-corrected chi connectivity index (χ2v) is 10.3. The van der Waals surface area contributed by atoms with Gasteiger partial charge in [-0.25, -0.2) is 9.97 Å². The molecule has 1 aromatic carbocycles. The number of alkyl halides is 3. The van der Waals surface area contributed by atoms with Gasteiger partial charge in [-0.3, -0.25) is 4.72 Å². The number of rotatable bonds is 5. The molecule has 0 amide bonds. The maximum absolute atomic E-state index is 13.6. The third-order valence-corrected chi connectivity index (χ3v) is 7.66. The van der Waals surface area contributed by atoms with Gasteiger partial charge >= 0.3 is 6.18 Å². The molecule has 1 saturated carbocycles. The standard InChI is InChI=1S/C23H22F3N5O2S.ClH/c1-13-5-2-3-6-14(13)22-17(23(24,25)26)9-10-18(28-22)30-34(32,33)20-8-4-7-19(29-20)31-11-15-16(12-31)21(15)27;/h2-10,15-16,21H,11-12,27H2,1H3,(H,28,30);1H. The maximum Gasteiger partial charge on any atom is 0.418 e. The van der Waals surface area contributed by atoms with E-state index in [4.69, 9.17) is 5.73 Å². The summed E-state index contributed by atoms with van der Waals surface area (Å²) in [7, 11) is -4.19. The number of nitrogens with two attached hydrogens (primary N) is 1. The minimum atomic E-state index is -4.66. The number of benzene rings is 1. The van der Waals surface area contributed by atoms with E-state index in [1.165, 1.54) is 12.1 Å². The molecule has 3 heterocycles. The van der Waals surface area contributed by atoms with Gasteiger partial charge in [0.2, 0.25) is 0 Å². The van der Waals surface area contributed by atoms with E-state index in [9.17, 15) is 21.6 Å². The summed E-state index contributed by atoms with van der Waals surface area (Å²) >= 11 is 0. The van der Waals surface area contributed by atoms with Crippen LogP contribution < -0.4 is 15.4 Å². The molecule has 2 fully saturated rings. The van der Waals surface area contributed by atoms with Gasteiger partial charge < -0.3 is 10.6 Å². The second-order valence-electron chi connectivity index (χ2n) is 8.65. The first-order chi connectivity index (χ1) is 16.0. The van der Waals surface area contributed by atoms with Crippen molar-refractivity contribution in [1.29, 1.82) is 0 Å². The summed E-state index contributed by atoms with van der Waals surface area (Å²) in [4.78, 5) is 10.3. The quantitative estimate of drug-likeness (QED) is 0.520. The van der Waals surface area contributed by atoms with Crippen LogP contribution in [0.15, 0.2) is 59.6 Å². The Bertz CT molecular complexity index is 1360. The number of halogens is 4. The molecule has 186 valence electrons. The molecule has 2 aliphatic rings. The van der Waals surface area contributed by atoms with Crippen LogP contribution in [-0.2, 0) is 16.2 Å². The van der Waals surface area contributed by atoms with Crippen LogP contribution in [0.5, 0.6) is 0 Å². The average Bonchev–Trinajstić information content (AvgIpc) is 3.18. The average molecular weight is 526 g/mol. The lowest BCUT2D eigenvalue weighted by Crippen LogP contribution is -2.29. The lowest BCUT2D eigenvalue weighted by molar-refractivity contribution is -0.137. The summed E-state index contributed by atoms with van der Waals surface area (Å²) in [5.41, 5.74) is 5.52. The van der Waals surface area contributed by atoms with E-state index in [1.54, 1.807) is 37.3 Å². The Morgan fingerprint density at radius 2 is 1.69 bits per heavy atom. The maximum atomic E-state index is 13.6. The zero-order valence-corrected chi connectivity index (χ0v) is 20.2. The zero-order chi connectivity index (χ0) is 24.3. The van der Waals surface area contributed by atoms with Gasteiger partial charge in [-0.2, -0.15) is 21.6 Å². The van der Waals surface area contributed by atoms with E-state index in [0.29, 0.717) is 23.2 Å². The predicted molar refractivity (Wildman–Crippen MR) is 129 cm³/mol. The number of sulfonamides is 1. The Morgan fingerprint density at radius 3 is 2.34 bits per heavy atom. The lowest BCUT2D eigenvalue weighted by Gasteiger charge is -2.20. The second kappa shape index (κ2) is 8.96. The van der Waals surface area contributed by atoms with Gasteiger partial charge in [-0.1, -0.05) is 30.3 Å². The fourth-order valence-corrected chi connectivity index (χ4v) is 5.43. The molecule has 35 heavy (non-hydrogen) atoms. The topological polar surface area (TPSA) is 101 Å². The zero-order valence-electron chi connectivity index (χ0n) is 18.5. The number of piperidine rings is 1. The molecule has 2 atom stereocenters. The van der Waals surface area contributed by atoms with Crippen LogP contribution in [0.25, 0.3) is 11.3 Å². The fourth-order valence-electron chi connectivity index (χ4n) is 4.47. The summed E-state index contributed by atoms with van der Waals surface area (Å²) < 4.78 is 69.2. The van der Waals surface area contributed by atoms with E-state index < -0.39 is 21.8 Å².